The molecule has 0 heterocycles. The molecule has 3 aromatic carbocycles. The Morgan fingerprint density at radius 3 is 2.48 bits per heavy atom. The van der Waals surface area contributed by atoms with Gasteiger partial charge in [0.15, 0.2) is 0 Å². The van der Waals surface area contributed by atoms with Crippen molar-refractivity contribution in [1.82, 2.24) is 0 Å². The van der Waals surface area contributed by atoms with Crippen molar-refractivity contribution in [3.05, 3.63) is 83.9 Å². The summed E-state index contributed by atoms with van der Waals surface area (Å²) in [5.41, 5.74) is 9.71. The summed E-state index contributed by atoms with van der Waals surface area (Å²) in [5, 5.41) is 0. The van der Waals surface area contributed by atoms with Gasteiger partial charge in [0.1, 0.15) is 12.4 Å². The fraction of sp³-hybridized carbons (Fsp3) is 0.0952. The molecular weight excluding hydrogens is 314 g/mol. The van der Waals surface area contributed by atoms with Crippen molar-refractivity contribution in [2.45, 2.75) is 6.61 Å². The van der Waals surface area contributed by atoms with Gasteiger partial charge in [-0.3, -0.25) is 0 Å². The summed E-state index contributed by atoms with van der Waals surface area (Å²) >= 11 is 0. The molecule has 126 valence electrons. The Labute approximate surface area is 146 Å². The van der Waals surface area contributed by atoms with Gasteiger partial charge in [0.25, 0.3) is 0 Å². The second-order valence-electron chi connectivity index (χ2n) is 5.64. The van der Waals surface area contributed by atoms with Crippen LogP contribution >= 0.6 is 0 Å². The zero-order chi connectivity index (χ0) is 17.6. The van der Waals surface area contributed by atoms with Crippen LogP contribution < -0.4 is 10.5 Å². The maximum Gasteiger partial charge on any atom is 0.337 e. The number of carbonyl (C=O) groups is 1. The van der Waals surface area contributed by atoms with E-state index in [1.165, 1.54) is 7.11 Å². The number of hydrogen-bond donors (Lipinski definition) is 1. The highest BCUT2D eigenvalue weighted by molar-refractivity contribution is 5.92. The molecule has 0 saturated heterocycles. The standard InChI is InChI=1S/C21H19NO3/c1-24-21(23)18-10-17(11-19(22)12-18)16-8-5-9-20(13-16)25-14-15-6-3-2-4-7-15/h2-13H,14,22H2,1H3. The van der Waals surface area contributed by atoms with Crippen molar-refractivity contribution in [2.24, 2.45) is 0 Å². The average Bonchev–Trinajstić information content (AvgIpc) is 2.66. The van der Waals surface area contributed by atoms with E-state index in [0.717, 1.165) is 22.4 Å². The van der Waals surface area contributed by atoms with E-state index in [2.05, 4.69) is 0 Å². The van der Waals surface area contributed by atoms with Crippen LogP contribution in [0.3, 0.4) is 0 Å². The van der Waals surface area contributed by atoms with Crippen LogP contribution in [-0.4, -0.2) is 13.1 Å². The first-order chi connectivity index (χ1) is 12.2. The summed E-state index contributed by atoms with van der Waals surface area (Å²) in [7, 11) is 1.35. The van der Waals surface area contributed by atoms with E-state index in [-0.39, 0.29) is 0 Å². The van der Waals surface area contributed by atoms with Gasteiger partial charge in [-0.25, -0.2) is 4.79 Å². The molecule has 4 heteroatoms. The Bertz CT molecular complexity index is 875. The number of carbonyl (C=O) groups excluding carboxylic acids is 1. The molecule has 0 aromatic heterocycles. The molecule has 0 aliphatic carbocycles. The zero-order valence-electron chi connectivity index (χ0n) is 13.9. The third-order valence-electron chi connectivity index (χ3n) is 3.79. The first-order valence-corrected chi connectivity index (χ1v) is 7.92. The Hall–Kier alpha value is -3.27. The molecule has 3 rings (SSSR count). The average molecular weight is 333 g/mol. The van der Waals surface area contributed by atoms with E-state index in [1.807, 2.05) is 60.7 Å². The minimum absolute atomic E-state index is 0.412. The molecule has 0 bridgehead atoms. The molecule has 3 aromatic rings. The first kappa shape index (κ1) is 16.6. The summed E-state index contributed by atoms with van der Waals surface area (Å²) in [4.78, 5) is 11.8. The van der Waals surface area contributed by atoms with Gasteiger partial charge in [-0.1, -0.05) is 42.5 Å². The van der Waals surface area contributed by atoms with Crippen molar-refractivity contribution in [1.29, 1.82) is 0 Å². The van der Waals surface area contributed by atoms with E-state index < -0.39 is 5.97 Å². The van der Waals surface area contributed by atoms with Gasteiger partial charge in [0.05, 0.1) is 12.7 Å². The summed E-state index contributed by atoms with van der Waals surface area (Å²) in [6.45, 7) is 0.495. The molecule has 0 atom stereocenters. The van der Waals surface area contributed by atoms with E-state index in [1.54, 1.807) is 12.1 Å². The van der Waals surface area contributed by atoms with Gasteiger partial charge in [-0.05, 0) is 47.0 Å². The van der Waals surface area contributed by atoms with Crippen LogP contribution in [0.1, 0.15) is 15.9 Å². The predicted molar refractivity (Wildman–Crippen MR) is 98.4 cm³/mol. The molecule has 25 heavy (non-hydrogen) atoms. The fourth-order valence-corrected chi connectivity index (χ4v) is 2.56. The number of methoxy groups -OCH3 is 1. The highest BCUT2D eigenvalue weighted by atomic mass is 16.5. The number of anilines is 1. The van der Waals surface area contributed by atoms with E-state index in [0.29, 0.717) is 17.9 Å². The minimum Gasteiger partial charge on any atom is -0.489 e. The summed E-state index contributed by atoms with van der Waals surface area (Å²) in [6, 6.07) is 22.9. The van der Waals surface area contributed by atoms with Gasteiger partial charge in [0, 0.05) is 5.69 Å². The second-order valence-corrected chi connectivity index (χ2v) is 5.64. The van der Waals surface area contributed by atoms with Gasteiger partial charge in [-0.2, -0.15) is 0 Å². The van der Waals surface area contributed by atoms with Crippen LogP contribution in [0, 0.1) is 0 Å². The van der Waals surface area contributed by atoms with Crippen LogP contribution in [-0.2, 0) is 11.3 Å². The van der Waals surface area contributed by atoms with Crippen LogP contribution in [0.4, 0.5) is 5.69 Å². The lowest BCUT2D eigenvalue weighted by molar-refractivity contribution is 0.0601. The third kappa shape index (κ3) is 4.18. The molecule has 0 fully saturated rings. The van der Waals surface area contributed by atoms with Gasteiger partial charge in [0.2, 0.25) is 0 Å². The lowest BCUT2D eigenvalue weighted by atomic mass is 10.0. The predicted octanol–water partition coefficient (Wildman–Crippen LogP) is 4.30. The molecule has 0 spiro atoms. The van der Waals surface area contributed by atoms with E-state index >= 15 is 0 Å². The molecule has 0 amide bonds. The number of esters is 1. The van der Waals surface area contributed by atoms with Crippen molar-refractivity contribution < 1.29 is 14.3 Å². The molecular formula is C21H19NO3. The topological polar surface area (TPSA) is 61.5 Å². The largest absolute Gasteiger partial charge is 0.489 e. The normalized spacial score (nSPS) is 10.3. The number of ether oxygens (including phenoxy) is 2. The zero-order valence-corrected chi connectivity index (χ0v) is 13.9. The number of benzene rings is 3. The van der Waals surface area contributed by atoms with E-state index in [9.17, 15) is 4.79 Å². The smallest absolute Gasteiger partial charge is 0.337 e. The number of rotatable bonds is 5. The van der Waals surface area contributed by atoms with Crippen molar-refractivity contribution in [2.75, 3.05) is 12.8 Å². The third-order valence-corrected chi connectivity index (χ3v) is 3.79. The maximum absolute atomic E-state index is 11.8. The lowest BCUT2D eigenvalue weighted by Gasteiger charge is -2.10. The quantitative estimate of drug-likeness (QED) is 0.558. The lowest BCUT2D eigenvalue weighted by Crippen LogP contribution is -2.02. The fourth-order valence-electron chi connectivity index (χ4n) is 2.56. The highest BCUT2D eigenvalue weighted by Gasteiger charge is 2.09. The van der Waals surface area contributed by atoms with Crippen LogP contribution in [0.2, 0.25) is 0 Å². The SMILES string of the molecule is COC(=O)c1cc(N)cc(-c2cccc(OCc3ccccc3)c2)c1. The minimum atomic E-state index is -0.412. The van der Waals surface area contributed by atoms with E-state index in [4.69, 9.17) is 15.2 Å². The maximum atomic E-state index is 11.8. The Morgan fingerprint density at radius 2 is 1.72 bits per heavy atom. The van der Waals surface area contributed by atoms with Gasteiger partial charge < -0.3 is 15.2 Å². The molecule has 0 aliphatic rings. The molecule has 0 aliphatic heterocycles. The second kappa shape index (κ2) is 7.53. The molecule has 4 nitrogen and oxygen atoms in total. The van der Waals surface area contributed by atoms with Crippen LogP contribution in [0.25, 0.3) is 11.1 Å². The Balaban J connectivity index is 1.84. The van der Waals surface area contributed by atoms with Crippen molar-refractivity contribution >= 4 is 11.7 Å². The highest BCUT2D eigenvalue weighted by Crippen LogP contribution is 2.27. The molecule has 0 saturated carbocycles. The van der Waals surface area contributed by atoms with Crippen LogP contribution in [0.5, 0.6) is 5.75 Å². The number of hydrogen-bond acceptors (Lipinski definition) is 4. The van der Waals surface area contributed by atoms with Crippen molar-refractivity contribution in [3.8, 4) is 16.9 Å². The monoisotopic (exact) mass is 333 g/mol. The Kier molecular flexibility index (Phi) is 5.00. The van der Waals surface area contributed by atoms with Gasteiger partial charge >= 0.3 is 5.97 Å². The van der Waals surface area contributed by atoms with Crippen molar-refractivity contribution in [3.63, 3.8) is 0 Å². The van der Waals surface area contributed by atoms with Crippen LogP contribution in [0.15, 0.2) is 72.8 Å². The summed E-state index contributed by atoms with van der Waals surface area (Å²) in [5.74, 6) is 0.341. The number of nitrogens with two attached hydrogens (primary N) is 1. The Morgan fingerprint density at radius 1 is 0.920 bits per heavy atom. The molecule has 0 radical (unpaired) electrons. The van der Waals surface area contributed by atoms with Gasteiger partial charge in [-0.15, -0.1) is 0 Å². The molecule has 2 N–H and O–H groups in total. The first-order valence-electron chi connectivity index (χ1n) is 7.92. The number of nitrogen functional groups attached to an aromatic ring is 1. The molecule has 0 unspecified atom stereocenters. The summed E-state index contributed by atoms with van der Waals surface area (Å²) < 4.78 is 10.6. The summed E-state index contributed by atoms with van der Waals surface area (Å²) in [6.07, 6.45) is 0.